The number of carbonyl (C=O) groups is 1. The fourth-order valence-electron chi connectivity index (χ4n) is 3.48. The van der Waals surface area contributed by atoms with Crippen molar-refractivity contribution in [1.29, 1.82) is 0 Å². The minimum atomic E-state index is -3.72. The number of amides is 1. The molecular weight excluding hydrogens is 416 g/mol. The fourth-order valence-corrected chi connectivity index (χ4v) is 5.13. The van der Waals surface area contributed by atoms with Crippen LogP contribution < -0.4 is 9.47 Å². The zero-order valence-corrected chi connectivity index (χ0v) is 19.6. The number of hydrogen-bond donors (Lipinski definition) is 0. The zero-order chi connectivity index (χ0) is 22.8. The molecular formula is C23H30N2O5S. The number of methoxy groups -OCH3 is 1. The average Bonchev–Trinajstić information content (AvgIpc) is 2.75. The number of benzene rings is 2. The van der Waals surface area contributed by atoms with E-state index in [2.05, 4.69) is 0 Å². The molecule has 168 valence electrons. The molecule has 8 heteroatoms. The van der Waals surface area contributed by atoms with Gasteiger partial charge in [0.2, 0.25) is 10.0 Å². The van der Waals surface area contributed by atoms with E-state index in [-0.39, 0.29) is 30.5 Å². The highest BCUT2D eigenvalue weighted by Crippen LogP contribution is 2.30. The fraction of sp³-hybridized carbons (Fsp3) is 0.435. The Morgan fingerprint density at radius 3 is 2.13 bits per heavy atom. The van der Waals surface area contributed by atoms with Crippen LogP contribution in [0.2, 0.25) is 0 Å². The second kappa shape index (κ2) is 9.28. The number of carbonyl (C=O) groups excluding carboxylic acids is 1. The summed E-state index contributed by atoms with van der Waals surface area (Å²) in [6, 6.07) is 9.10. The van der Waals surface area contributed by atoms with Crippen molar-refractivity contribution >= 4 is 15.9 Å². The van der Waals surface area contributed by atoms with Crippen LogP contribution in [-0.4, -0.2) is 63.4 Å². The third kappa shape index (κ3) is 5.02. The Labute approximate surface area is 184 Å². The van der Waals surface area contributed by atoms with Crippen LogP contribution in [0.15, 0.2) is 35.2 Å². The summed E-state index contributed by atoms with van der Waals surface area (Å²) in [5, 5.41) is 0. The minimum absolute atomic E-state index is 0.0692. The summed E-state index contributed by atoms with van der Waals surface area (Å²) >= 11 is 0. The third-order valence-corrected chi connectivity index (χ3v) is 7.75. The molecule has 1 fully saturated rings. The molecule has 0 N–H and O–H groups in total. The highest BCUT2D eigenvalue weighted by molar-refractivity contribution is 7.89. The lowest BCUT2D eigenvalue weighted by Gasteiger charge is -2.34. The predicted octanol–water partition coefficient (Wildman–Crippen LogP) is 2.84. The molecule has 0 aromatic heterocycles. The summed E-state index contributed by atoms with van der Waals surface area (Å²) in [6.07, 6.45) is 0. The largest absolute Gasteiger partial charge is 0.495 e. The Morgan fingerprint density at radius 2 is 1.52 bits per heavy atom. The van der Waals surface area contributed by atoms with Gasteiger partial charge < -0.3 is 14.4 Å². The summed E-state index contributed by atoms with van der Waals surface area (Å²) in [7, 11) is -2.25. The van der Waals surface area contributed by atoms with E-state index in [9.17, 15) is 13.2 Å². The monoisotopic (exact) mass is 446 g/mol. The molecule has 1 saturated heterocycles. The number of piperazine rings is 1. The van der Waals surface area contributed by atoms with E-state index in [4.69, 9.17) is 9.47 Å². The van der Waals surface area contributed by atoms with Crippen LogP contribution in [0, 0.1) is 27.7 Å². The SMILES string of the molecule is COc1cc(C)c(C)cc1S(=O)(=O)N1CCN(C(=O)COc2ccc(C)c(C)c2)CC1. The first-order valence-electron chi connectivity index (χ1n) is 10.3. The van der Waals surface area contributed by atoms with Gasteiger partial charge in [-0.05, 0) is 74.2 Å². The lowest BCUT2D eigenvalue weighted by Crippen LogP contribution is -2.51. The van der Waals surface area contributed by atoms with Crippen molar-refractivity contribution in [3.8, 4) is 11.5 Å². The maximum atomic E-state index is 13.2. The van der Waals surface area contributed by atoms with Crippen molar-refractivity contribution in [1.82, 2.24) is 9.21 Å². The molecule has 1 amide bonds. The van der Waals surface area contributed by atoms with Crippen molar-refractivity contribution in [3.05, 3.63) is 52.6 Å². The van der Waals surface area contributed by atoms with Crippen LogP contribution >= 0.6 is 0 Å². The Hall–Kier alpha value is -2.58. The number of ether oxygens (including phenoxy) is 2. The average molecular weight is 447 g/mol. The predicted molar refractivity (Wildman–Crippen MR) is 119 cm³/mol. The number of hydrogen-bond acceptors (Lipinski definition) is 5. The van der Waals surface area contributed by atoms with Gasteiger partial charge in [0.15, 0.2) is 6.61 Å². The summed E-state index contributed by atoms with van der Waals surface area (Å²) in [5.74, 6) is 0.835. The van der Waals surface area contributed by atoms with Gasteiger partial charge in [-0.3, -0.25) is 4.79 Å². The van der Waals surface area contributed by atoms with Gasteiger partial charge in [0.05, 0.1) is 7.11 Å². The Kier molecular flexibility index (Phi) is 6.91. The third-order valence-electron chi connectivity index (χ3n) is 5.83. The molecule has 7 nitrogen and oxygen atoms in total. The van der Waals surface area contributed by atoms with Gasteiger partial charge in [-0.2, -0.15) is 4.31 Å². The molecule has 1 aliphatic rings. The molecule has 2 aromatic carbocycles. The molecule has 0 unspecified atom stereocenters. The lowest BCUT2D eigenvalue weighted by molar-refractivity contribution is -0.134. The highest BCUT2D eigenvalue weighted by Gasteiger charge is 2.32. The van der Waals surface area contributed by atoms with Crippen molar-refractivity contribution in [2.75, 3.05) is 39.9 Å². The van der Waals surface area contributed by atoms with E-state index >= 15 is 0 Å². The Balaban J connectivity index is 1.62. The molecule has 0 spiro atoms. The lowest BCUT2D eigenvalue weighted by atomic mass is 10.1. The van der Waals surface area contributed by atoms with Crippen LogP contribution in [0.1, 0.15) is 22.3 Å². The second-order valence-corrected chi connectivity index (χ2v) is 9.81. The number of rotatable bonds is 6. The van der Waals surface area contributed by atoms with Crippen LogP contribution in [-0.2, 0) is 14.8 Å². The molecule has 2 aromatic rings. The quantitative estimate of drug-likeness (QED) is 0.682. The minimum Gasteiger partial charge on any atom is -0.495 e. The molecule has 3 rings (SSSR count). The van der Waals surface area contributed by atoms with Crippen LogP contribution in [0.5, 0.6) is 11.5 Å². The smallest absolute Gasteiger partial charge is 0.260 e. The number of aryl methyl sites for hydroxylation is 4. The van der Waals surface area contributed by atoms with Crippen LogP contribution in [0.4, 0.5) is 0 Å². The Morgan fingerprint density at radius 1 is 0.903 bits per heavy atom. The van der Waals surface area contributed by atoms with Crippen molar-refractivity contribution in [2.24, 2.45) is 0 Å². The first-order valence-corrected chi connectivity index (χ1v) is 11.7. The van der Waals surface area contributed by atoms with E-state index in [0.717, 1.165) is 22.3 Å². The van der Waals surface area contributed by atoms with Crippen LogP contribution in [0.3, 0.4) is 0 Å². The van der Waals surface area contributed by atoms with Crippen LogP contribution in [0.25, 0.3) is 0 Å². The van der Waals surface area contributed by atoms with E-state index in [0.29, 0.717) is 24.6 Å². The van der Waals surface area contributed by atoms with E-state index < -0.39 is 10.0 Å². The topological polar surface area (TPSA) is 76.2 Å². The maximum Gasteiger partial charge on any atom is 0.260 e. The number of sulfonamides is 1. The molecule has 0 bridgehead atoms. The molecule has 1 aliphatic heterocycles. The molecule has 31 heavy (non-hydrogen) atoms. The summed E-state index contributed by atoms with van der Waals surface area (Å²) in [5.41, 5.74) is 4.12. The van der Waals surface area contributed by atoms with Crippen molar-refractivity contribution in [3.63, 3.8) is 0 Å². The number of nitrogens with zero attached hydrogens (tertiary/aromatic N) is 2. The van der Waals surface area contributed by atoms with Crippen molar-refractivity contribution < 1.29 is 22.7 Å². The van der Waals surface area contributed by atoms with Crippen molar-refractivity contribution in [2.45, 2.75) is 32.6 Å². The van der Waals surface area contributed by atoms with Gasteiger partial charge in [0.1, 0.15) is 16.4 Å². The summed E-state index contributed by atoms with van der Waals surface area (Å²) < 4.78 is 38.8. The van der Waals surface area contributed by atoms with Gasteiger partial charge in [-0.1, -0.05) is 6.07 Å². The van der Waals surface area contributed by atoms with E-state index in [1.54, 1.807) is 17.0 Å². The highest BCUT2D eigenvalue weighted by atomic mass is 32.2. The van der Waals surface area contributed by atoms with Gasteiger partial charge in [-0.15, -0.1) is 0 Å². The first kappa shape index (κ1) is 23.1. The van der Waals surface area contributed by atoms with Gasteiger partial charge in [0.25, 0.3) is 5.91 Å². The second-order valence-electron chi connectivity index (χ2n) is 7.91. The van der Waals surface area contributed by atoms with Gasteiger partial charge in [-0.25, -0.2) is 8.42 Å². The normalized spacial score (nSPS) is 15.1. The molecule has 1 heterocycles. The molecule has 0 atom stereocenters. The summed E-state index contributed by atoms with van der Waals surface area (Å²) in [4.78, 5) is 14.4. The van der Waals surface area contributed by atoms with Gasteiger partial charge >= 0.3 is 0 Å². The molecule has 0 radical (unpaired) electrons. The van der Waals surface area contributed by atoms with E-state index in [1.807, 2.05) is 45.9 Å². The molecule has 0 aliphatic carbocycles. The summed E-state index contributed by atoms with van der Waals surface area (Å²) in [6.45, 7) is 8.84. The standard InChI is InChI=1S/C23H30N2O5S/c1-16-6-7-20(12-17(16)2)30-15-23(26)24-8-10-25(11-9-24)31(27,28)22-14-19(4)18(3)13-21(22)29-5/h6-7,12-14H,8-11,15H2,1-5H3. The maximum absolute atomic E-state index is 13.2. The molecule has 0 saturated carbocycles. The van der Waals surface area contributed by atoms with Gasteiger partial charge in [0, 0.05) is 26.2 Å². The Bertz CT molecular complexity index is 1070. The first-order chi connectivity index (χ1) is 14.6. The zero-order valence-electron chi connectivity index (χ0n) is 18.8. The van der Waals surface area contributed by atoms with E-state index in [1.165, 1.54) is 11.4 Å².